The number of carbonyl (C=O) groups is 1. The predicted molar refractivity (Wildman–Crippen MR) is 271 cm³/mol. The molecule has 1 fully saturated rings. The molecule has 0 bridgehead atoms. The van der Waals surface area contributed by atoms with E-state index in [-0.39, 0.29) is 19.6 Å². The molecule has 67 heavy (non-hydrogen) atoms. The Morgan fingerprint density at radius 3 is 1.45 bits per heavy atom. The summed E-state index contributed by atoms with van der Waals surface area (Å²) < 4.78 is 59.3. The van der Waals surface area contributed by atoms with E-state index in [2.05, 4.69) is 66.6 Å². The van der Waals surface area contributed by atoms with Crippen molar-refractivity contribution in [2.24, 2.45) is 0 Å². The van der Waals surface area contributed by atoms with Gasteiger partial charge in [-0.2, -0.15) is 8.42 Å². The first-order valence-electron chi connectivity index (χ1n) is 26.9. The Labute approximate surface area is 408 Å². The largest absolute Gasteiger partial charge is 0.457 e. The lowest BCUT2D eigenvalue weighted by Crippen LogP contribution is -2.60. The molecule has 0 aromatic rings. The summed E-state index contributed by atoms with van der Waals surface area (Å²) in [5.74, 6) is -0.404. The van der Waals surface area contributed by atoms with Crippen molar-refractivity contribution in [2.45, 2.75) is 263 Å². The second-order valence-corrected chi connectivity index (χ2v) is 19.5. The van der Waals surface area contributed by atoms with Crippen LogP contribution >= 0.6 is 0 Å². The molecule has 1 aliphatic rings. The van der Waals surface area contributed by atoms with Gasteiger partial charge in [0.1, 0.15) is 30.5 Å². The van der Waals surface area contributed by atoms with E-state index in [9.17, 15) is 33.1 Å². The standard InChI is InChI=1S/C54H98O12S/c1-3-5-7-9-11-13-15-17-19-20-21-22-23-24-25-26-27-28-29-31-33-35-37-39-41-43-50(56)64-48(47-63-54-52(58)53(66-67(59,60)61)51(57)49(45-55)65-54)46-62-44-42-40-38-36-34-32-30-18-16-14-12-10-8-6-4-2/h15-18,20-21,23-24,48-49,51-55,57-58H,3-14,19,22,25-47H2,1-2H3,(H,59,60,61)/b17-15-,18-16-,21-20-,24-23-. The molecule has 0 aromatic heterocycles. The van der Waals surface area contributed by atoms with Gasteiger partial charge in [-0.05, 0) is 77.0 Å². The molecule has 392 valence electrons. The van der Waals surface area contributed by atoms with Gasteiger partial charge in [0.05, 0.1) is 19.8 Å². The molecule has 1 rings (SSSR count). The monoisotopic (exact) mass is 971 g/mol. The van der Waals surface area contributed by atoms with Gasteiger partial charge in [-0.1, -0.05) is 191 Å². The van der Waals surface area contributed by atoms with Gasteiger partial charge in [-0.15, -0.1) is 0 Å². The van der Waals surface area contributed by atoms with Gasteiger partial charge in [0, 0.05) is 13.0 Å². The molecule has 6 atom stereocenters. The van der Waals surface area contributed by atoms with Crippen molar-refractivity contribution in [3.8, 4) is 0 Å². The van der Waals surface area contributed by atoms with E-state index in [1.807, 2.05) is 0 Å². The Hall–Kier alpha value is -1.94. The van der Waals surface area contributed by atoms with Crippen LogP contribution in [0.2, 0.25) is 0 Å². The number of aliphatic hydroxyl groups excluding tert-OH is 3. The number of allylic oxidation sites excluding steroid dienone is 8. The number of esters is 1. The molecular formula is C54H98O12S. The first kappa shape index (κ1) is 63.1. The smallest absolute Gasteiger partial charge is 0.397 e. The van der Waals surface area contributed by atoms with Crippen molar-refractivity contribution in [1.82, 2.24) is 0 Å². The lowest BCUT2D eigenvalue weighted by atomic mass is 9.99. The van der Waals surface area contributed by atoms with E-state index in [0.29, 0.717) is 13.0 Å². The van der Waals surface area contributed by atoms with Crippen molar-refractivity contribution in [3.63, 3.8) is 0 Å². The minimum Gasteiger partial charge on any atom is -0.457 e. The highest BCUT2D eigenvalue weighted by molar-refractivity contribution is 7.80. The minimum absolute atomic E-state index is 0.0302. The van der Waals surface area contributed by atoms with Crippen molar-refractivity contribution >= 4 is 16.4 Å². The third-order valence-electron chi connectivity index (χ3n) is 12.2. The maximum atomic E-state index is 12.9. The molecule has 0 radical (unpaired) electrons. The van der Waals surface area contributed by atoms with Gasteiger partial charge in [0.25, 0.3) is 0 Å². The number of hydrogen-bond donors (Lipinski definition) is 4. The molecule has 1 saturated heterocycles. The Bertz CT molecular complexity index is 1350. The number of rotatable bonds is 47. The molecule has 13 heteroatoms. The van der Waals surface area contributed by atoms with E-state index in [1.165, 1.54) is 135 Å². The second kappa shape index (κ2) is 45.2. The van der Waals surface area contributed by atoms with Crippen LogP contribution in [0.4, 0.5) is 0 Å². The van der Waals surface area contributed by atoms with Crippen LogP contribution < -0.4 is 0 Å². The highest BCUT2D eigenvalue weighted by Crippen LogP contribution is 2.26. The molecule has 0 amide bonds. The molecule has 1 heterocycles. The second-order valence-electron chi connectivity index (χ2n) is 18.5. The predicted octanol–water partition coefficient (Wildman–Crippen LogP) is 12.7. The van der Waals surface area contributed by atoms with Crippen molar-refractivity contribution < 1.29 is 56.2 Å². The third kappa shape index (κ3) is 38.5. The molecule has 0 aliphatic carbocycles. The average molecular weight is 971 g/mol. The summed E-state index contributed by atoms with van der Waals surface area (Å²) in [5, 5.41) is 30.8. The van der Waals surface area contributed by atoms with Crippen LogP contribution in [0.1, 0.15) is 226 Å². The normalized spacial score (nSPS) is 19.8. The maximum Gasteiger partial charge on any atom is 0.397 e. The summed E-state index contributed by atoms with van der Waals surface area (Å²) in [7, 11) is -5.07. The number of carbonyl (C=O) groups excluding carboxylic acids is 1. The Morgan fingerprint density at radius 2 is 0.985 bits per heavy atom. The zero-order valence-corrected chi connectivity index (χ0v) is 43.0. The topological polar surface area (TPSA) is 178 Å². The van der Waals surface area contributed by atoms with Crippen molar-refractivity contribution in [1.29, 1.82) is 0 Å². The number of hydrogen-bond acceptors (Lipinski definition) is 11. The summed E-state index contributed by atoms with van der Waals surface area (Å²) in [6, 6.07) is 0. The van der Waals surface area contributed by atoms with Crippen LogP contribution in [0.25, 0.3) is 0 Å². The van der Waals surface area contributed by atoms with E-state index in [1.54, 1.807) is 0 Å². The highest BCUT2D eigenvalue weighted by Gasteiger charge is 2.48. The lowest BCUT2D eigenvalue weighted by Gasteiger charge is -2.41. The average Bonchev–Trinajstić information content (AvgIpc) is 3.30. The van der Waals surface area contributed by atoms with Gasteiger partial charge in [0.2, 0.25) is 0 Å². The van der Waals surface area contributed by atoms with Crippen LogP contribution in [-0.2, 0) is 38.3 Å². The van der Waals surface area contributed by atoms with Crippen LogP contribution in [0.15, 0.2) is 48.6 Å². The van der Waals surface area contributed by atoms with Gasteiger partial charge < -0.3 is 34.3 Å². The van der Waals surface area contributed by atoms with Crippen molar-refractivity contribution in [3.05, 3.63) is 48.6 Å². The Morgan fingerprint density at radius 1 is 0.567 bits per heavy atom. The minimum atomic E-state index is -5.07. The fraction of sp³-hybridized carbons (Fsp3) is 0.833. The molecule has 4 N–H and O–H groups in total. The van der Waals surface area contributed by atoms with Crippen molar-refractivity contribution in [2.75, 3.05) is 26.4 Å². The SMILES string of the molecule is CCCCCCC/C=C\C/C=C\C/C=C\CCCCCCCCCCCCC(=O)OC(COCCCCCCCC/C=C\CCCCCCC)COC1OC(CO)C(O)C(OS(=O)(=O)O)C1O. The maximum absolute atomic E-state index is 12.9. The molecule has 0 saturated carbocycles. The summed E-state index contributed by atoms with van der Waals surface area (Å²) >= 11 is 0. The summed E-state index contributed by atoms with van der Waals surface area (Å²) in [6.45, 7) is 3.97. The molecule has 0 spiro atoms. The van der Waals surface area contributed by atoms with Crippen LogP contribution in [-0.4, -0.2) is 97.5 Å². The first-order valence-corrected chi connectivity index (χ1v) is 28.3. The zero-order valence-electron chi connectivity index (χ0n) is 42.2. The fourth-order valence-electron chi connectivity index (χ4n) is 8.09. The van der Waals surface area contributed by atoms with Gasteiger partial charge in [0.15, 0.2) is 6.29 Å². The number of ether oxygens (including phenoxy) is 4. The first-order chi connectivity index (χ1) is 32.6. The molecule has 12 nitrogen and oxygen atoms in total. The van der Waals surface area contributed by atoms with Gasteiger partial charge >= 0.3 is 16.4 Å². The summed E-state index contributed by atoms with van der Waals surface area (Å²) in [6.07, 6.45) is 47.1. The molecular weight excluding hydrogens is 873 g/mol. The Balaban J connectivity index is 2.32. The quantitative estimate of drug-likeness (QED) is 0.0197. The van der Waals surface area contributed by atoms with E-state index < -0.39 is 59.8 Å². The number of unbranched alkanes of at least 4 members (excludes halogenated alkanes) is 26. The molecule has 0 aromatic carbocycles. The number of aliphatic hydroxyl groups is 3. The summed E-state index contributed by atoms with van der Waals surface area (Å²) in [5.41, 5.74) is 0. The molecule has 6 unspecified atom stereocenters. The van der Waals surface area contributed by atoms with Crippen LogP contribution in [0.5, 0.6) is 0 Å². The third-order valence-corrected chi connectivity index (χ3v) is 12.6. The lowest BCUT2D eigenvalue weighted by molar-refractivity contribution is -0.301. The van der Waals surface area contributed by atoms with E-state index in [0.717, 1.165) is 64.2 Å². The highest BCUT2D eigenvalue weighted by atomic mass is 32.3. The van der Waals surface area contributed by atoms with Crippen LogP contribution in [0, 0.1) is 0 Å². The fourth-order valence-corrected chi connectivity index (χ4v) is 8.60. The van der Waals surface area contributed by atoms with Gasteiger partial charge in [-0.25, -0.2) is 4.18 Å². The summed E-state index contributed by atoms with van der Waals surface area (Å²) in [4.78, 5) is 12.9. The van der Waals surface area contributed by atoms with E-state index in [4.69, 9.17) is 18.9 Å². The molecule has 1 aliphatic heterocycles. The zero-order chi connectivity index (χ0) is 48.9. The van der Waals surface area contributed by atoms with E-state index >= 15 is 0 Å². The van der Waals surface area contributed by atoms with Crippen LogP contribution in [0.3, 0.4) is 0 Å². The Kier molecular flexibility index (Phi) is 42.6. The van der Waals surface area contributed by atoms with Gasteiger partial charge in [-0.3, -0.25) is 9.35 Å².